The third kappa shape index (κ3) is 3.67. The van der Waals surface area contributed by atoms with Crippen LogP contribution in [0, 0.1) is 6.92 Å². The standard InChI is InChI=1S/C22H21N5O2/c1-3-16-8-10-17(11-9-16)25-20(28)13-26-14-23-21-18(22(26)29)12-24-27(21)19-7-5-4-6-15(19)2/h4-12,14H,3,13H2,1-2H3,(H,25,28). The largest absolute Gasteiger partial charge is 0.325 e. The van der Waals surface area contributed by atoms with Gasteiger partial charge in [0.05, 0.1) is 11.9 Å². The molecule has 0 saturated heterocycles. The molecule has 0 saturated carbocycles. The van der Waals surface area contributed by atoms with Crippen molar-refractivity contribution in [3.63, 3.8) is 0 Å². The minimum absolute atomic E-state index is 0.118. The van der Waals surface area contributed by atoms with Crippen LogP contribution in [0.15, 0.2) is 65.8 Å². The van der Waals surface area contributed by atoms with Crippen LogP contribution in [-0.4, -0.2) is 25.2 Å². The first kappa shape index (κ1) is 18.6. The molecule has 7 nitrogen and oxygen atoms in total. The lowest BCUT2D eigenvalue weighted by molar-refractivity contribution is -0.116. The van der Waals surface area contributed by atoms with Gasteiger partial charge in [-0.2, -0.15) is 5.10 Å². The van der Waals surface area contributed by atoms with E-state index >= 15 is 0 Å². The average molecular weight is 387 g/mol. The molecule has 29 heavy (non-hydrogen) atoms. The number of nitrogens with one attached hydrogen (secondary N) is 1. The van der Waals surface area contributed by atoms with E-state index in [4.69, 9.17) is 0 Å². The van der Waals surface area contributed by atoms with E-state index in [2.05, 4.69) is 22.3 Å². The Morgan fingerprint density at radius 2 is 1.86 bits per heavy atom. The lowest BCUT2D eigenvalue weighted by Crippen LogP contribution is -2.27. The molecule has 146 valence electrons. The summed E-state index contributed by atoms with van der Waals surface area (Å²) in [6.45, 7) is 3.93. The third-order valence-electron chi connectivity index (χ3n) is 4.86. The maximum Gasteiger partial charge on any atom is 0.264 e. The lowest BCUT2D eigenvalue weighted by atomic mass is 10.1. The van der Waals surface area contributed by atoms with Crippen molar-refractivity contribution in [3.05, 3.63) is 82.5 Å². The molecule has 2 heterocycles. The van der Waals surface area contributed by atoms with Crippen LogP contribution in [0.2, 0.25) is 0 Å². The Morgan fingerprint density at radius 3 is 2.59 bits per heavy atom. The molecule has 4 rings (SSSR count). The molecule has 7 heteroatoms. The van der Waals surface area contributed by atoms with Gasteiger partial charge in [0.15, 0.2) is 5.65 Å². The van der Waals surface area contributed by atoms with Crippen molar-refractivity contribution in [1.82, 2.24) is 19.3 Å². The number of fused-ring (bicyclic) bond motifs is 1. The third-order valence-corrected chi connectivity index (χ3v) is 4.86. The highest BCUT2D eigenvalue weighted by molar-refractivity contribution is 5.90. The topological polar surface area (TPSA) is 81.8 Å². The van der Waals surface area contributed by atoms with Crippen LogP contribution in [0.5, 0.6) is 0 Å². The van der Waals surface area contributed by atoms with Gasteiger partial charge in [0.25, 0.3) is 5.56 Å². The Bertz CT molecular complexity index is 1240. The first-order valence-corrected chi connectivity index (χ1v) is 9.45. The van der Waals surface area contributed by atoms with Gasteiger partial charge >= 0.3 is 0 Å². The molecular weight excluding hydrogens is 366 g/mol. The number of nitrogens with zero attached hydrogens (tertiary/aromatic N) is 4. The minimum Gasteiger partial charge on any atom is -0.325 e. The predicted molar refractivity (Wildman–Crippen MR) is 112 cm³/mol. The molecule has 0 bridgehead atoms. The Labute approximate surface area is 167 Å². The first-order chi connectivity index (χ1) is 14.1. The van der Waals surface area contributed by atoms with E-state index in [0.29, 0.717) is 16.7 Å². The van der Waals surface area contributed by atoms with Crippen molar-refractivity contribution < 1.29 is 4.79 Å². The van der Waals surface area contributed by atoms with Gasteiger partial charge in [-0.1, -0.05) is 37.3 Å². The number of carbonyl (C=O) groups is 1. The number of hydrogen-bond donors (Lipinski definition) is 1. The summed E-state index contributed by atoms with van der Waals surface area (Å²) in [7, 11) is 0. The zero-order valence-electron chi connectivity index (χ0n) is 16.3. The van der Waals surface area contributed by atoms with Crippen LogP contribution in [0.3, 0.4) is 0 Å². The van der Waals surface area contributed by atoms with E-state index < -0.39 is 0 Å². The maximum atomic E-state index is 12.8. The Morgan fingerprint density at radius 1 is 1.10 bits per heavy atom. The van der Waals surface area contributed by atoms with Crippen LogP contribution >= 0.6 is 0 Å². The van der Waals surface area contributed by atoms with Gasteiger partial charge in [0, 0.05) is 5.69 Å². The van der Waals surface area contributed by atoms with Gasteiger partial charge in [-0.05, 0) is 42.7 Å². The lowest BCUT2D eigenvalue weighted by Gasteiger charge is -2.09. The fourth-order valence-electron chi connectivity index (χ4n) is 3.22. The number of benzene rings is 2. The van der Waals surface area contributed by atoms with E-state index in [1.54, 1.807) is 4.68 Å². The normalized spacial score (nSPS) is 11.0. The minimum atomic E-state index is -0.300. The van der Waals surface area contributed by atoms with Crippen molar-refractivity contribution in [1.29, 1.82) is 0 Å². The Kier molecular flexibility index (Phi) is 4.95. The predicted octanol–water partition coefficient (Wildman–Crippen LogP) is 3.09. The first-order valence-electron chi connectivity index (χ1n) is 9.45. The second kappa shape index (κ2) is 7.71. The molecule has 0 radical (unpaired) electrons. The van der Waals surface area contributed by atoms with E-state index in [0.717, 1.165) is 17.7 Å². The molecule has 0 fully saturated rings. The molecule has 2 aromatic heterocycles. The number of amides is 1. The number of carbonyl (C=O) groups excluding carboxylic acids is 1. The molecule has 2 aromatic carbocycles. The van der Waals surface area contributed by atoms with E-state index in [9.17, 15) is 9.59 Å². The van der Waals surface area contributed by atoms with E-state index in [-0.39, 0.29) is 18.0 Å². The van der Waals surface area contributed by atoms with E-state index in [1.165, 1.54) is 22.7 Å². The summed E-state index contributed by atoms with van der Waals surface area (Å²) in [5, 5.41) is 7.51. The van der Waals surface area contributed by atoms with Crippen LogP contribution in [0.1, 0.15) is 18.1 Å². The van der Waals surface area contributed by atoms with Gasteiger partial charge < -0.3 is 5.32 Å². The summed E-state index contributed by atoms with van der Waals surface area (Å²) in [6.07, 6.45) is 3.82. The monoisotopic (exact) mass is 387 g/mol. The fourth-order valence-corrected chi connectivity index (χ4v) is 3.22. The zero-order valence-corrected chi connectivity index (χ0v) is 16.3. The molecule has 0 atom stereocenters. The summed E-state index contributed by atoms with van der Waals surface area (Å²) in [5.74, 6) is -0.288. The van der Waals surface area contributed by atoms with Gasteiger partial charge in [-0.15, -0.1) is 0 Å². The molecule has 1 amide bonds. The number of aromatic nitrogens is 4. The van der Waals surface area contributed by atoms with Crippen molar-refractivity contribution in [2.75, 3.05) is 5.32 Å². The second-order valence-corrected chi connectivity index (χ2v) is 6.86. The molecule has 1 N–H and O–H groups in total. The van der Waals surface area contributed by atoms with Gasteiger partial charge in [0.1, 0.15) is 18.3 Å². The number of hydrogen-bond acceptors (Lipinski definition) is 4. The molecule has 0 aliphatic heterocycles. The van der Waals surface area contributed by atoms with Crippen LogP contribution in [-0.2, 0) is 17.8 Å². The summed E-state index contributed by atoms with van der Waals surface area (Å²) in [5.41, 5.74) is 3.95. The molecule has 0 aliphatic rings. The smallest absolute Gasteiger partial charge is 0.264 e. The highest BCUT2D eigenvalue weighted by Gasteiger charge is 2.14. The molecular formula is C22H21N5O2. The van der Waals surface area contributed by atoms with Gasteiger partial charge in [0.2, 0.25) is 5.91 Å². The van der Waals surface area contributed by atoms with Crippen molar-refractivity contribution >= 4 is 22.6 Å². The Hall–Kier alpha value is -3.74. The molecule has 0 unspecified atom stereocenters. The van der Waals surface area contributed by atoms with Crippen LogP contribution in [0.25, 0.3) is 16.7 Å². The zero-order chi connectivity index (χ0) is 20.4. The van der Waals surface area contributed by atoms with Crippen molar-refractivity contribution in [2.45, 2.75) is 26.8 Å². The summed E-state index contributed by atoms with van der Waals surface area (Å²) >= 11 is 0. The Balaban J connectivity index is 1.59. The molecule has 0 aliphatic carbocycles. The molecule has 0 spiro atoms. The van der Waals surface area contributed by atoms with E-state index in [1.807, 2.05) is 55.5 Å². The summed E-state index contributed by atoms with van der Waals surface area (Å²) in [4.78, 5) is 29.6. The van der Waals surface area contributed by atoms with Gasteiger partial charge in [-0.3, -0.25) is 14.2 Å². The van der Waals surface area contributed by atoms with Crippen LogP contribution in [0.4, 0.5) is 5.69 Å². The average Bonchev–Trinajstić information content (AvgIpc) is 3.16. The summed E-state index contributed by atoms with van der Waals surface area (Å²) < 4.78 is 2.94. The quantitative estimate of drug-likeness (QED) is 0.571. The highest BCUT2D eigenvalue weighted by Crippen LogP contribution is 2.17. The SMILES string of the molecule is CCc1ccc(NC(=O)Cn2cnc3c(cnn3-c3ccccc3C)c2=O)cc1. The van der Waals surface area contributed by atoms with Gasteiger partial charge in [-0.25, -0.2) is 9.67 Å². The number of aryl methyl sites for hydroxylation is 2. The maximum absolute atomic E-state index is 12.8. The number of para-hydroxylation sites is 1. The number of anilines is 1. The highest BCUT2D eigenvalue weighted by atomic mass is 16.2. The van der Waals surface area contributed by atoms with Crippen LogP contribution < -0.4 is 10.9 Å². The molecule has 4 aromatic rings. The summed E-state index contributed by atoms with van der Waals surface area (Å²) in [6, 6.07) is 15.4. The fraction of sp³-hybridized carbons (Fsp3) is 0.182. The van der Waals surface area contributed by atoms with Crippen molar-refractivity contribution in [2.24, 2.45) is 0 Å². The number of rotatable bonds is 5. The van der Waals surface area contributed by atoms with Crippen molar-refractivity contribution in [3.8, 4) is 5.69 Å². The second-order valence-electron chi connectivity index (χ2n) is 6.86.